The van der Waals surface area contributed by atoms with Gasteiger partial charge in [0.1, 0.15) is 0 Å². The minimum absolute atomic E-state index is 0.0865. The first-order valence-corrected chi connectivity index (χ1v) is 7.90. The lowest BCUT2D eigenvalue weighted by Gasteiger charge is -2.24. The third kappa shape index (κ3) is 3.54. The molecule has 0 saturated heterocycles. The van der Waals surface area contributed by atoms with Crippen LogP contribution in [0.4, 0.5) is 0 Å². The largest absolute Gasteiger partial charge is 0.481 e. The molecule has 0 bridgehead atoms. The van der Waals surface area contributed by atoms with E-state index in [9.17, 15) is 14.7 Å². The van der Waals surface area contributed by atoms with Crippen molar-refractivity contribution in [2.45, 2.75) is 32.2 Å². The first-order valence-electron chi connectivity index (χ1n) is 7.02. The molecule has 0 spiro atoms. The van der Waals surface area contributed by atoms with Crippen LogP contribution in [0.1, 0.15) is 29.3 Å². The molecule has 1 aromatic heterocycles. The second kappa shape index (κ2) is 6.75. The lowest BCUT2D eigenvalue weighted by Crippen LogP contribution is -2.38. The van der Waals surface area contributed by atoms with E-state index in [0.29, 0.717) is 12.1 Å². The predicted molar refractivity (Wildman–Crippen MR) is 86.9 cm³/mol. The Kier molecular flexibility index (Phi) is 4.98. The maximum atomic E-state index is 12.2. The fourth-order valence-corrected chi connectivity index (χ4v) is 3.10. The Bertz CT molecular complexity index is 666. The fraction of sp³-hybridized carbons (Fsp3) is 0.294. The van der Waals surface area contributed by atoms with Crippen molar-refractivity contribution in [1.29, 1.82) is 0 Å². The minimum atomic E-state index is -1.23. The van der Waals surface area contributed by atoms with Gasteiger partial charge in [0, 0.05) is 11.3 Å². The molecule has 0 saturated carbocycles. The number of rotatable bonds is 6. The monoisotopic (exact) mass is 317 g/mol. The van der Waals surface area contributed by atoms with E-state index in [1.807, 2.05) is 24.4 Å². The molecule has 0 aliphatic heterocycles. The van der Waals surface area contributed by atoms with E-state index in [4.69, 9.17) is 0 Å². The first-order chi connectivity index (χ1) is 10.4. The van der Waals surface area contributed by atoms with Crippen LogP contribution in [0.25, 0.3) is 0 Å². The zero-order valence-electron chi connectivity index (χ0n) is 12.6. The van der Waals surface area contributed by atoms with Gasteiger partial charge in [0.15, 0.2) is 0 Å². The number of aliphatic carboxylic acids is 1. The number of carbonyl (C=O) groups excluding carboxylic acids is 1. The van der Waals surface area contributed by atoms with Gasteiger partial charge in [0.25, 0.3) is 0 Å². The first kappa shape index (κ1) is 16.2. The molecule has 0 unspecified atom stereocenters. The zero-order valence-corrected chi connectivity index (χ0v) is 13.4. The highest BCUT2D eigenvalue weighted by atomic mass is 32.1. The molecule has 1 atom stereocenters. The summed E-state index contributed by atoms with van der Waals surface area (Å²) in [6.07, 6.45) is -0.0865. The van der Waals surface area contributed by atoms with E-state index in [0.717, 1.165) is 10.4 Å². The van der Waals surface area contributed by atoms with E-state index in [1.54, 1.807) is 42.5 Å². The van der Waals surface area contributed by atoms with Gasteiger partial charge in [-0.25, -0.2) is 0 Å². The number of carbonyl (C=O) groups is 2. The fourth-order valence-electron chi connectivity index (χ4n) is 2.25. The van der Waals surface area contributed by atoms with Crippen molar-refractivity contribution >= 4 is 23.2 Å². The topological polar surface area (TPSA) is 66.4 Å². The van der Waals surface area contributed by atoms with Gasteiger partial charge in [-0.1, -0.05) is 30.3 Å². The molecule has 1 heterocycles. The van der Waals surface area contributed by atoms with E-state index >= 15 is 0 Å². The minimum Gasteiger partial charge on any atom is -0.481 e. The molecule has 5 heteroatoms. The van der Waals surface area contributed by atoms with Gasteiger partial charge in [-0.05, 0) is 36.4 Å². The van der Waals surface area contributed by atoms with E-state index in [1.165, 1.54) is 0 Å². The third-order valence-electron chi connectivity index (χ3n) is 3.81. The molecule has 2 rings (SSSR count). The van der Waals surface area contributed by atoms with Crippen LogP contribution in [0, 0.1) is 6.92 Å². The van der Waals surface area contributed by atoms with Crippen LogP contribution in [-0.4, -0.2) is 17.0 Å². The van der Waals surface area contributed by atoms with Crippen molar-refractivity contribution in [3.05, 3.63) is 57.8 Å². The summed E-state index contributed by atoms with van der Waals surface area (Å²) in [4.78, 5) is 24.9. The summed E-state index contributed by atoms with van der Waals surface area (Å²) in [6, 6.07) is 10.9. The number of aryl methyl sites for hydroxylation is 1. The molecular weight excluding hydrogens is 298 g/mol. The lowest BCUT2D eigenvalue weighted by atomic mass is 9.79. The number of hydrogen-bond donors (Lipinski definition) is 2. The van der Waals surface area contributed by atoms with Crippen LogP contribution in [-0.2, 0) is 21.5 Å². The molecular formula is C17H19NO3S. The van der Waals surface area contributed by atoms with Crippen molar-refractivity contribution in [3.8, 4) is 0 Å². The van der Waals surface area contributed by atoms with Crippen LogP contribution in [0.5, 0.6) is 0 Å². The number of benzene rings is 1. The predicted octanol–water partition coefficient (Wildman–Crippen LogP) is 3.11. The molecule has 4 nitrogen and oxygen atoms in total. The van der Waals surface area contributed by atoms with Crippen LogP contribution < -0.4 is 5.32 Å². The second-order valence-electron chi connectivity index (χ2n) is 5.48. The van der Waals surface area contributed by atoms with Gasteiger partial charge in [-0.2, -0.15) is 0 Å². The van der Waals surface area contributed by atoms with Gasteiger partial charge in [0.05, 0.1) is 12.0 Å². The van der Waals surface area contributed by atoms with Crippen LogP contribution in [0.15, 0.2) is 41.8 Å². The van der Waals surface area contributed by atoms with Crippen molar-refractivity contribution in [3.63, 3.8) is 0 Å². The normalized spacial score (nSPS) is 13.4. The number of thiophene rings is 1. The van der Waals surface area contributed by atoms with Gasteiger partial charge in [-0.15, -0.1) is 11.3 Å². The molecule has 0 fully saturated rings. The summed E-state index contributed by atoms with van der Waals surface area (Å²) in [5, 5.41) is 14.3. The Morgan fingerprint density at radius 1 is 1.23 bits per heavy atom. The average Bonchev–Trinajstić information content (AvgIpc) is 2.91. The smallest absolute Gasteiger partial charge is 0.314 e. The van der Waals surface area contributed by atoms with Crippen molar-refractivity contribution in [2.24, 2.45) is 0 Å². The lowest BCUT2D eigenvalue weighted by molar-refractivity contribution is -0.145. The number of amides is 1. The maximum absolute atomic E-state index is 12.2. The number of hydrogen-bond acceptors (Lipinski definition) is 3. The molecule has 116 valence electrons. The van der Waals surface area contributed by atoms with E-state index in [2.05, 4.69) is 5.32 Å². The van der Waals surface area contributed by atoms with Crippen LogP contribution >= 0.6 is 11.3 Å². The summed E-state index contributed by atoms with van der Waals surface area (Å²) in [5.41, 5.74) is 0.537. The molecule has 0 aliphatic carbocycles. The molecule has 2 aromatic rings. The van der Waals surface area contributed by atoms with Crippen molar-refractivity contribution < 1.29 is 14.7 Å². The molecule has 2 N–H and O–H groups in total. The summed E-state index contributed by atoms with van der Waals surface area (Å²) in [7, 11) is 0. The molecule has 0 radical (unpaired) electrons. The summed E-state index contributed by atoms with van der Waals surface area (Å²) in [5.74, 6) is -1.26. The number of carboxylic acid groups (broad SMARTS) is 1. The maximum Gasteiger partial charge on any atom is 0.314 e. The standard InChI is InChI=1S/C17H19NO3S/c1-12-8-9-22-14(12)11-18-15(19)10-17(2,16(20)21)13-6-4-3-5-7-13/h3-9H,10-11H2,1-2H3,(H,18,19)(H,20,21)/t17-/m0/s1. The summed E-state index contributed by atoms with van der Waals surface area (Å²) in [6.45, 7) is 4.01. The summed E-state index contributed by atoms with van der Waals surface area (Å²) >= 11 is 1.58. The van der Waals surface area contributed by atoms with Crippen LogP contribution in [0.3, 0.4) is 0 Å². The highest BCUT2D eigenvalue weighted by molar-refractivity contribution is 7.10. The number of carboxylic acids is 1. The van der Waals surface area contributed by atoms with E-state index in [-0.39, 0.29) is 12.3 Å². The van der Waals surface area contributed by atoms with Gasteiger partial charge >= 0.3 is 5.97 Å². The van der Waals surface area contributed by atoms with Gasteiger partial charge in [-0.3, -0.25) is 9.59 Å². The average molecular weight is 317 g/mol. The molecule has 0 aliphatic rings. The van der Waals surface area contributed by atoms with Crippen molar-refractivity contribution in [2.75, 3.05) is 0 Å². The Hall–Kier alpha value is -2.14. The SMILES string of the molecule is Cc1ccsc1CNC(=O)C[C@](C)(C(=O)O)c1ccccc1. The highest BCUT2D eigenvalue weighted by Crippen LogP contribution is 2.28. The molecule has 22 heavy (non-hydrogen) atoms. The Labute approximate surface area is 133 Å². The van der Waals surface area contributed by atoms with Gasteiger partial charge < -0.3 is 10.4 Å². The van der Waals surface area contributed by atoms with Crippen LogP contribution in [0.2, 0.25) is 0 Å². The third-order valence-corrected chi connectivity index (χ3v) is 4.83. The quantitative estimate of drug-likeness (QED) is 0.860. The molecule has 1 aromatic carbocycles. The Morgan fingerprint density at radius 2 is 1.91 bits per heavy atom. The summed E-state index contributed by atoms with van der Waals surface area (Å²) < 4.78 is 0. The second-order valence-corrected chi connectivity index (χ2v) is 6.48. The Morgan fingerprint density at radius 3 is 2.45 bits per heavy atom. The molecule has 1 amide bonds. The highest BCUT2D eigenvalue weighted by Gasteiger charge is 2.37. The van der Waals surface area contributed by atoms with Gasteiger partial charge in [0.2, 0.25) is 5.91 Å². The number of nitrogens with one attached hydrogen (secondary N) is 1. The van der Waals surface area contributed by atoms with E-state index < -0.39 is 11.4 Å². The van der Waals surface area contributed by atoms with Crippen molar-refractivity contribution in [1.82, 2.24) is 5.32 Å². The zero-order chi connectivity index (χ0) is 16.2. The Balaban J connectivity index is 2.07.